The van der Waals surface area contributed by atoms with Crippen LogP contribution in [0.1, 0.15) is 22.0 Å². The number of amides is 1. The van der Waals surface area contributed by atoms with Crippen molar-refractivity contribution in [3.8, 4) is 0 Å². The summed E-state index contributed by atoms with van der Waals surface area (Å²) in [7, 11) is 0. The van der Waals surface area contributed by atoms with Crippen molar-refractivity contribution in [2.75, 3.05) is 19.6 Å². The van der Waals surface area contributed by atoms with Crippen LogP contribution >= 0.6 is 36.4 Å². The van der Waals surface area contributed by atoms with Crippen LogP contribution in [0.5, 0.6) is 0 Å². The first kappa shape index (κ1) is 20.6. The largest absolute Gasteiger partial charge is 0.329 e. The molecule has 1 aromatic carbocycles. The van der Waals surface area contributed by atoms with Gasteiger partial charge in [-0.1, -0.05) is 29.8 Å². The number of hydrogen-bond acceptors (Lipinski definition) is 3. The molecule has 1 saturated heterocycles. The van der Waals surface area contributed by atoms with Gasteiger partial charge in [0, 0.05) is 30.9 Å². The van der Waals surface area contributed by atoms with Gasteiger partial charge < -0.3 is 10.2 Å². The Morgan fingerprint density at radius 2 is 2.04 bits per heavy atom. The van der Waals surface area contributed by atoms with Crippen LogP contribution in [0.25, 0.3) is 0 Å². The number of piperazine rings is 1. The van der Waals surface area contributed by atoms with Gasteiger partial charge in [0.25, 0.3) is 5.91 Å². The molecule has 0 radical (unpaired) electrons. The van der Waals surface area contributed by atoms with Crippen LogP contribution in [0.4, 0.5) is 4.39 Å². The number of aromatic nitrogens is 1. The molecule has 1 N–H and O–H groups in total. The third-order valence-corrected chi connectivity index (χ3v) is 4.06. The predicted molar refractivity (Wildman–Crippen MR) is 96.8 cm³/mol. The number of carbonyl (C=O) groups excluding carboxylic acids is 1. The number of benzene rings is 1. The smallest absolute Gasteiger partial charge is 0.256 e. The molecule has 1 aromatic heterocycles. The van der Waals surface area contributed by atoms with E-state index in [0.717, 1.165) is 11.8 Å². The van der Waals surface area contributed by atoms with Crippen molar-refractivity contribution in [2.24, 2.45) is 0 Å². The number of rotatable bonds is 2. The summed E-state index contributed by atoms with van der Waals surface area (Å²) in [5.74, 6) is -0.756. The van der Waals surface area contributed by atoms with Crippen molar-refractivity contribution in [2.45, 2.75) is 6.04 Å². The first-order valence-electron chi connectivity index (χ1n) is 7.03. The van der Waals surface area contributed by atoms with Gasteiger partial charge in [0.05, 0.1) is 17.8 Å². The van der Waals surface area contributed by atoms with E-state index < -0.39 is 5.82 Å². The second-order valence-electron chi connectivity index (χ2n) is 5.13. The highest BCUT2D eigenvalue weighted by atomic mass is 35.5. The van der Waals surface area contributed by atoms with E-state index in [2.05, 4.69) is 10.3 Å². The molecule has 0 spiro atoms. The van der Waals surface area contributed by atoms with Gasteiger partial charge in [-0.05, 0) is 17.7 Å². The molecular formula is C16H17Cl3FN3O. The van der Waals surface area contributed by atoms with Crippen LogP contribution in [-0.2, 0) is 0 Å². The molecule has 1 unspecified atom stereocenters. The summed E-state index contributed by atoms with van der Waals surface area (Å²) in [4.78, 5) is 18.2. The van der Waals surface area contributed by atoms with Crippen molar-refractivity contribution >= 4 is 42.3 Å². The molecule has 4 nitrogen and oxygen atoms in total. The van der Waals surface area contributed by atoms with Crippen LogP contribution in [0.3, 0.4) is 0 Å². The number of pyridine rings is 1. The van der Waals surface area contributed by atoms with Crippen molar-refractivity contribution in [1.82, 2.24) is 15.2 Å². The highest BCUT2D eigenvalue weighted by Crippen LogP contribution is 2.29. The average molecular weight is 393 g/mol. The fraction of sp³-hybridized carbons (Fsp3) is 0.250. The Balaban J connectivity index is 0.00000144. The Bertz CT molecular complexity index is 702. The fourth-order valence-electron chi connectivity index (χ4n) is 2.67. The lowest BCUT2D eigenvalue weighted by Gasteiger charge is -2.37. The summed E-state index contributed by atoms with van der Waals surface area (Å²) >= 11 is 6.26. The standard InChI is InChI=1S/C16H15ClFN3O.2ClH/c17-14-4-2-1-3-13(14)15-10-19-5-6-21(15)16(22)11-7-12(18)9-20-8-11;;/h1-4,7-9,15,19H,5-6,10H2;2*1H. The first-order chi connectivity index (χ1) is 10.7. The minimum atomic E-state index is -0.518. The maximum Gasteiger partial charge on any atom is 0.256 e. The molecule has 1 aliphatic rings. The fourth-order valence-corrected chi connectivity index (χ4v) is 2.93. The maximum absolute atomic E-state index is 13.3. The third-order valence-electron chi connectivity index (χ3n) is 3.72. The monoisotopic (exact) mass is 391 g/mol. The summed E-state index contributed by atoms with van der Waals surface area (Å²) in [6.07, 6.45) is 2.47. The number of nitrogens with zero attached hydrogens (tertiary/aromatic N) is 2. The Labute approximate surface area is 157 Å². The lowest BCUT2D eigenvalue weighted by atomic mass is 10.0. The minimum Gasteiger partial charge on any atom is -0.329 e. The molecule has 130 valence electrons. The molecule has 0 bridgehead atoms. The zero-order valence-electron chi connectivity index (χ0n) is 12.6. The van der Waals surface area contributed by atoms with Crippen LogP contribution in [0.15, 0.2) is 42.7 Å². The third kappa shape index (κ3) is 4.36. The molecule has 1 fully saturated rings. The van der Waals surface area contributed by atoms with E-state index in [4.69, 9.17) is 11.6 Å². The average Bonchev–Trinajstić information content (AvgIpc) is 2.55. The molecular weight excluding hydrogens is 376 g/mol. The Hall–Kier alpha value is -1.40. The molecule has 2 aromatic rings. The van der Waals surface area contributed by atoms with Crippen molar-refractivity contribution in [1.29, 1.82) is 0 Å². The zero-order chi connectivity index (χ0) is 15.5. The van der Waals surface area contributed by atoms with E-state index in [1.54, 1.807) is 11.0 Å². The summed E-state index contributed by atoms with van der Waals surface area (Å²) in [6.45, 7) is 1.83. The molecule has 0 saturated carbocycles. The summed E-state index contributed by atoms with van der Waals surface area (Å²) < 4.78 is 13.3. The van der Waals surface area contributed by atoms with Gasteiger partial charge in [-0.15, -0.1) is 24.8 Å². The predicted octanol–water partition coefficient (Wildman–Crippen LogP) is 3.50. The highest BCUT2D eigenvalue weighted by molar-refractivity contribution is 6.31. The molecule has 1 aliphatic heterocycles. The Morgan fingerprint density at radius 3 is 2.75 bits per heavy atom. The Kier molecular flexibility index (Phi) is 7.90. The second kappa shape index (κ2) is 9.18. The van der Waals surface area contributed by atoms with Gasteiger partial charge >= 0.3 is 0 Å². The molecule has 2 heterocycles. The van der Waals surface area contributed by atoms with Gasteiger partial charge in [-0.25, -0.2) is 4.39 Å². The molecule has 1 amide bonds. The van der Waals surface area contributed by atoms with Crippen molar-refractivity contribution in [3.05, 3.63) is 64.7 Å². The van der Waals surface area contributed by atoms with Crippen LogP contribution in [0.2, 0.25) is 5.02 Å². The summed E-state index contributed by atoms with van der Waals surface area (Å²) in [6, 6.07) is 8.48. The lowest BCUT2D eigenvalue weighted by Crippen LogP contribution is -2.48. The SMILES string of the molecule is Cl.Cl.O=C(c1cncc(F)c1)N1CCNCC1c1ccccc1Cl. The summed E-state index contributed by atoms with van der Waals surface area (Å²) in [5, 5.41) is 3.88. The van der Waals surface area contributed by atoms with Gasteiger partial charge in [-0.3, -0.25) is 9.78 Å². The van der Waals surface area contributed by atoms with Crippen molar-refractivity contribution < 1.29 is 9.18 Å². The summed E-state index contributed by atoms with van der Waals surface area (Å²) in [5.41, 5.74) is 1.13. The van der Waals surface area contributed by atoms with Crippen molar-refractivity contribution in [3.63, 3.8) is 0 Å². The number of nitrogens with one attached hydrogen (secondary N) is 1. The normalized spacial score (nSPS) is 16.8. The van der Waals surface area contributed by atoms with Crippen LogP contribution in [0, 0.1) is 5.82 Å². The van der Waals surface area contributed by atoms with Gasteiger partial charge in [0.15, 0.2) is 0 Å². The van der Waals surface area contributed by atoms with Gasteiger partial charge in [0.2, 0.25) is 0 Å². The van der Waals surface area contributed by atoms with E-state index >= 15 is 0 Å². The zero-order valence-corrected chi connectivity index (χ0v) is 15.0. The topological polar surface area (TPSA) is 45.2 Å². The van der Waals surface area contributed by atoms with Crippen LogP contribution in [-0.4, -0.2) is 35.4 Å². The van der Waals surface area contributed by atoms with Gasteiger partial charge in [-0.2, -0.15) is 0 Å². The van der Waals surface area contributed by atoms with E-state index in [0.29, 0.717) is 24.7 Å². The van der Waals surface area contributed by atoms with E-state index in [9.17, 15) is 9.18 Å². The number of hydrogen-bond donors (Lipinski definition) is 1. The molecule has 3 rings (SSSR count). The highest BCUT2D eigenvalue weighted by Gasteiger charge is 2.30. The van der Waals surface area contributed by atoms with E-state index in [1.165, 1.54) is 12.3 Å². The molecule has 24 heavy (non-hydrogen) atoms. The molecule has 1 atom stereocenters. The van der Waals surface area contributed by atoms with Gasteiger partial charge in [0.1, 0.15) is 5.82 Å². The lowest BCUT2D eigenvalue weighted by molar-refractivity contribution is 0.0633. The number of carbonyl (C=O) groups is 1. The quantitative estimate of drug-likeness (QED) is 0.851. The first-order valence-corrected chi connectivity index (χ1v) is 7.41. The second-order valence-corrected chi connectivity index (χ2v) is 5.54. The van der Waals surface area contributed by atoms with Crippen LogP contribution < -0.4 is 5.32 Å². The van der Waals surface area contributed by atoms with E-state index in [1.807, 2.05) is 18.2 Å². The number of halogens is 4. The minimum absolute atomic E-state index is 0. The molecule has 0 aliphatic carbocycles. The maximum atomic E-state index is 13.3. The van der Waals surface area contributed by atoms with E-state index in [-0.39, 0.29) is 42.3 Å². The molecule has 8 heteroatoms. The Morgan fingerprint density at radius 1 is 1.29 bits per heavy atom.